The van der Waals surface area contributed by atoms with Gasteiger partial charge in [0.15, 0.2) is 11.5 Å². The van der Waals surface area contributed by atoms with Crippen molar-refractivity contribution >= 4 is 28.4 Å². The van der Waals surface area contributed by atoms with Crippen LogP contribution in [-0.2, 0) is 7.05 Å². The van der Waals surface area contributed by atoms with E-state index in [-0.39, 0.29) is 0 Å². The first kappa shape index (κ1) is 18.6. The molecule has 0 aliphatic heterocycles. The highest BCUT2D eigenvalue weighted by molar-refractivity contribution is 5.94. The van der Waals surface area contributed by atoms with E-state index in [0.717, 1.165) is 22.3 Å². The van der Waals surface area contributed by atoms with Crippen molar-refractivity contribution in [2.75, 3.05) is 5.32 Å². The van der Waals surface area contributed by atoms with Crippen LogP contribution in [0.15, 0.2) is 54.7 Å². The van der Waals surface area contributed by atoms with Crippen LogP contribution in [0.5, 0.6) is 0 Å². The third kappa shape index (κ3) is 3.67. The highest BCUT2D eigenvalue weighted by Gasteiger charge is 2.14. The first-order valence-electron chi connectivity index (χ1n) is 9.39. The van der Waals surface area contributed by atoms with Gasteiger partial charge >= 0.3 is 0 Å². The fourth-order valence-corrected chi connectivity index (χ4v) is 3.12. The minimum Gasteiger partial charge on any atom is -0.366 e. The monoisotopic (exact) mass is 386 g/mol. The minimum absolute atomic E-state index is 0.454. The van der Waals surface area contributed by atoms with Gasteiger partial charge in [-0.1, -0.05) is 38.1 Å². The first-order chi connectivity index (χ1) is 13.9. The van der Waals surface area contributed by atoms with Crippen LogP contribution in [0.25, 0.3) is 22.4 Å². The molecule has 3 N–H and O–H groups in total. The Morgan fingerprint density at radius 3 is 2.34 bits per heavy atom. The number of carbonyl (C=O) groups excluding carboxylic acids is 1. The molecule has 4 aromatic rings. The van der Waals surface area contributed by atoms with Crippen LogP contribution in [0.4, 0.5) is 11.5 Å². The van der Waals surface area contributed by atoms with Crippen LogP contribution in [0.1, 0.15) is 35.7 Å². The number of primary amides is 1. The van der Waals surface area contributed by atoms with Crippen LogP contribution < -0.4 is 11.1 Å². The average Bonchev–Trinajstić information content (AvgIpc) is 3.09. The predicted molar refractivity (Wildman–Crippen MR) is 114 cm³/mol. The summed E-state index contributed by atoms with van der Waals surface area (Å²) in [6.45, 7) is 4.33. The van der Waals surface area contributed by atoms with E-state index < -0.39 is 5.91 Å². The molecule has 0 aliphatic carbocycles. The third-order valence-electron chi connectivity index (χ3n) is 4.86. The number of nitrogens with two attached hydrogens (primary N) is 1. The molecular formula is C22H22N6O. The zero-order chi connectivity index (χ0) is 20.5. The number of hydrogen-bond acceptors (Lipinski definition) is 5. The second-order valence-electron chi connectivity index (χ2n) is 7.24. The van der Waals surface area contributed by atoms with Crippen molar-refractivity contribution in [2.24, 2.45) is 12.8 Å². The van der Waals surface area contributed by atoms with Gasteiger partial charge in [0, 0.05) is 23.9 Å². The van der Waals surface area contributed by atoms with Gasteiger partial charge < -0.3 is 11.1 Å². The zero-order valence-electron chi connectivity index (χ0n) is 16.5. The third-order valence-corrected chi connectivity index (χ3v) is 4.86. The predicted octanol–water partition coefficient (Wildman–Crippen LogP) is 4.00. The van der Waals surface area contributed by atoms with Gasteiger partial charge in [0.1, 0.15) is 5.82 Å². The molecule has 1 amide bonds. The second kappa shape index (κ2) is 7.35. The number of carbonyl (C=O) groups is 1. The van der Waals surface area contributed by atoms with Gasteiger partial charge in [-0.3, -0.25) is 9.48 Å². The summed E-state index contributed by atoms with van der Waals surface area (Å²) in [5.41, 5.74) is 9.50. The molecule has 0 spiro atoms. The van der Waals surface area contributed by atoms with Crippen LogP contribution >= 0.6 is 0 Å². The average molecular weight is 386 g/mol. The SMILES string of the molecule is CC(C)c1ccc(-c2nc(Nc3ccc(C(N)=O)cc3)c3cnn(C)c3n2)cc1. The van der Waals surface area contributed by atoms with Gasteiger partial charge in [-0.15, -0.1) is 0 Å². The molecule has 0 bridgehead atoms. The van der Waals surface area contributed by atoms with Crippen molar-refractivity contribution in [3.8, 4) is 11.4 Å². The minimum atomic E-state index is -0.458. The number of rotatable bonds is 5. The van der Waals surface area contributed by atoms with Gasteiger partial charge in [-0.05, 0) is 35.7 Å². The Kier molecular flexibility index (Phi) is 4.72. The van der Waals surface area contributed by atoms with Crippen LogP contribution in [0, 0.1) is 0 Å². The second-order valence-corrected chi connectivity index (χ2v) is 7.24. The molecule has 0 saturated heterocycles. The smallest absolute Gasteiger partial charge is 0.248 e. The van der Waals surface area contributed by atoms with Crippen molar-refractivity contribution in [3.63, 3.8) is 0 Å². The number of hydrogen-bond donors (Lipinski definition) is 2. The van der Waals surface area contributed by atoms with E-state index in [0.29, 0.717) is 23.1 Å². The van der Waals surface area contributed by atoms with E-state index in [1.54, 1.807) is 35.1 Å². The largest absolute Gasteiger partial charge is 0.366 e. The number of benzene rings is 2. The summed E-state index contributed by atoms with van der Waals surface area (Å²) in [6.07, 6.45) is 1.74. The van der Waals surface area contributed by atoms with E-state index in [1.807, 2.05) is 19.2 Å². The summed E-state index contributed by atoms with van der Waals surface area (Å²) in [7, 11) is 1.85. The molecule has 2 aromatic heterocycles. The molecule has 7 heteroatoms. The molecule has 0 unspecified atom stereocenters. The molecular weight excluding hydrogens is 364 g/mol. The summed E-state index contributed by atoms with van der Waals surface area (Å²) >= 11 is 0. The summed E-state index contributed by atoms with van der Waals surface area (Å²) in [5, 5.41) is 8.44. The number of anilines is 2. The van der Waals surface area contributed by atoms with Crippen molar-refractivity contribution in [1.29, 1.82) is 0 Å². The summed E-state index contributed by atoms with van der Waals surface area (Å²) in [5.74, 6) is 1.27. The lowest BCUT2D eigenvalue weighted by molar-refractivity contribution is 0.100. The summed E-state index contributed by atoms with van der Waals surface area (Å²) in [6, 6.07) is 15.2. The van der Waals surface area contributed by atoms with Gasteiger partial charge in [-0.25, -0.2) is 9.97 Å². The first-order valence-corrected chi connectivity index (χ1v) is 9.39. The molecule has 0 aliphatic rings. The molecule has 0 fully saturated rings. The molecule has 2 aromatic carbocycles. The van der Waals surface area contributed by atoms with Gasteiger partial charge in [-0.2, -0.15) is 5.10 Å². The van der Waals surface area contributed by atoms with Crippen LogP contribution in [-0.4, -0.2) is 25.7 Å². The van der Waals surface area contributed by atoms with E-state index >= 15 is 0 Å². The van der Waals surface area contributed by atoms with E-state index in [1.165, 1.54) is 5.56 Å². The zero-order valence-corrected chi connectivity index (χ0v) is 16.5. The molecule has 0 radical (unpaired) electrons. The maximum atomic E-state index is 11.3. The summed E-state index contributed by atoms with van der Waals surface area (Å²) < 4.78 is 1.73. The molecule has 4 rings (SSSR count). The quantitative estimate of drug-likeness (QED) is 0.540. The Labute approximate surface area is 168 Å². The Bertz CT molecular complexity index is 1180. The van der Waals surface area contributed by atoms with Crippen molar-refractivity contribution < 1.29 is 4.79 Å². The number of fused-ring (bicyclic) bond motifs is 1. The lowest BCUT2D eigenvalue weighted by atomic mass is 10.0. The number of amides is 1. The topological polar surface area (TPSA) is 98.7 Å². The Morgan fingerprint density at radius 1 is 1.03 bits per heavy atom. The van der Waals surface area contributed by atoms with Crippen molar-refractivity contribution in [2.45, 2.75) is 19.8 Å². The number of aryl methyl sites for hydroxylation is 1. The van der Waals surface area contributed by atoms with Crippen molar-refractivity contribution in [1.82, 2.24) is 19.7 Å². The number of aromatic nitrogens is 4. The van der Waals surface area contributed by atoms with E-state index in [2.05, 4.69) is 36.4 Å². The lowest BCUT2D eigenvalue weighted by Crippen LogP contribution is -2.10. The molecule has 7 nitrogen and oxygen atoms in total. The Morgan fingerprint density at radius 2 is 1.72 bits per heavy atom. The highest BCUT2D eigenvalue weighted by Crippen LogP contribution is 2.28. The van der Waals surface area contributed by atoms with Crippen molar-refractivity contribution in [3.05, 3.63) is 65.9 Å². The Hall–Kier alpha value is -3.74. The lowest BCUT2D eigenvalue weighted by Gasteiger charge is -2.11. The van der Waals surface area contributed by atoms with Crippen LogP contribution in [0.2, 0.25) is 0 Å². The van der Waals surface area contributed by atoms with E-state index in [4.69, 9.17) is 15.7 Å². The van der Waals surface area contributed by atoms with Gasteiger partial charge in [0.05, 0.1) is 11.6 Å². The Balaban J connectivity index is 1.76. The molecule has 29 heavy (non-hydrogen) atoms. The maximum Gasteiger partial charge on any atom is 0.248 e. The molecule has 146 valence electrons. The maximum absolute atomic E-state index is 11.3. The standard InChI is InChI=1S/C22H22N6O/c1-13(2)14-4-6-16(7-5-14)20-26-21(18-12-24-28(3)22(18)27-20)25-17-10-8-15(9-11-17)19(23)29/h4-13H,1-3H3,(H2,23,29)(H,25,26,27). The van der Waals surface area contributed by atoms with Crippen LogP contribution in [0.3, 0.4) is 0 Å². The molecule has 0 saturated carbocycles. The molecule has 2 heterocycles. The van der Waals surface area contributed by atoms with E-state index in [9.17, 15) is 4.79 Å². The molecule has 0 atom stereocenters. The fraction of sp³-hybridized carbons (Fsp3) is 0.182. The highest BCUT2D eigenvalue weighted by atomic mass is 16.1. The van der Waals surface area contributed by atoms with Gasteiger partial charge in [0.25, 0.3) is 0 Å². The fourth-order valence-electron chi connectivity index (χ4n) is 3.12. The number of nitrogens with one attached hydrogen (secondary N) is 1. The normalized spacial score (nSPS) is 11.2. The number of nitrogens with zero attached hydrogens (tertiary/aromatic N) is 4. The summed E-state index contributed by atoms with van der Waals surface area (Å²) in [4.78, 5) is 20.7. The van der Waals surface area contributed by atoms with Gasteiger partial charge in [0.2, 0.25) is 5.91 Å².